The van der Waals surface area contributed by atoms with Crippen molar-refractivity contribution < 1.29 is 9.59 Å². The molecule has 134 valence electrons. The van der Waals surface area contributed by atoms with E-state index in [1.807, 2.05) is 31.2 Å². The molecule has 5 nitrogen and oxygen atoms in total. The Kier molecular flexibility index (Phi) is 6.01. The van der Waals surface area contributed by atoms with Crippen molar-refractivity contribution in [3.63, 3.8) is 0 Å². The first-order valence-electron chi connectivity index (χ1n) is 7.78. The Balaban J connectivity index is 1.62. The predicted octanol–water partition coefficient (Wildman–Crippen LogP) is 4.66. The summed E-state index contributed by atoms with van der Waals surface area (Å²) in [5.74, 6) is -0.447. The molecule has 1 fully saturated rings. The molecule has 2 amide bonds. The summed E-state index contributed by atoms with van der Waals surface area (Å²) in [4.78, 5) is 28.7. The zero-order valence-electron chi connectivity index (χ0n) is 13.8. The number of halogens is 2. The second-order valence-corrected chi connectivity index (χ2v) is 8.22. The number of rotatable bonds is 4. The molecule has 1 aliphatic heterocycles. The molecular formula is C18H15BrClN3O2S. The number of thioether (sulfide) groups is 1. The van der Waals surface area contributed by atoms with Gasteiger partial charge in [-0.25, -0.2) is 4.99 Å². The summed E-state index contributed by atoms with van der Waals surface area (Å²) < 4.78 is 0.929. The van der Waals surface area contributed by atoms with Crippen LogP contribution in [-0.4, -0.2) is 22.2 Å². The van der Waals surface area contributed by atoms with E-state index in [-0.39, 0.29) is 18.2 Å². The molecule has 0 aromatic heterocycles. The second kappa shape index (κ2) is 8.24. The summed E-state index contributed by atoms with van der Waals surface area (Å²) in [6, 6.07) is 12.7. The maximum atomic E-state index is 12.2. The van der Waals surface area contributed by atoms with Crippen molar-refractivity contribution in [2.24, 2.45) is 4.99 Å². The Labute approximate surface area is 168 Å². The Bertz CT molecular complexity index is 887. The van der Waals surface area contributed by atoms with Crippen LogP contribution in [0.1, 0.15) is 12.0 Å². The standard InChI is InChI=1S/C18H15BrClN3O2S/c1-10-2-5-13(8-14(10)20)22-18-23-17(25)15(26-18)9-16(24)21-12-6-3-11(19)4-7-12/h2-8,15H,9H2,1H3,(H,21,24)(H,22,23,25)/t15-/m1/s1. The average molecular weight is 453 g/mol. The van der Waals surface area contributed by atoms with Crippen LogP contribution in [-0.2, 0) is 9.59 Å². The van der Waals surface area contributed by atoms with Gasteiger partial charge in [-0.05, 0) is 48.9 Å². The topological polar surface area (TPSA) is 70.6 Å². The van der Waals surface area contributed by atoms with Gasteiger partial charge in [0.25, 0.3) is 0 Å². The Morgan fingerprint density at radius 3 is 2.73 bits per heavy atom. The van der Waals surface area contributed by atoms with Crippen LogP contribution in [0.3, 0.4) is 0 Å². The van der Waals surface area contributed by atoms with Crippen molar-refractivity contribution in [3.05, 3.63) is 57.5 Å². The van der Waals surface area contributed by atoms with E-state index in [9.17, 15) is 9.59 Å². The van der Waals surface area contributed by atoms with Gasteiger partial charge in [0.1, 0.15) is 5.25 Å². The number of carbonyl (C=O) groups excluding carboxylic acids is 2. The molecule has 0 bridgehead atoms. The third-order valence-corrected chi connectivity index (χ3v) is 5.68. The molecule has 2 N–H and O–H groups in total. The molecule has 1 atom stereocenters. The molecular weight excluding hydrogens is 438 g/mol. The van der Waals surface area contributed by atoms with E-state index in [0.29, 0.717) is 21.6 Å². The zero-order valence-corrected chi connectivity index (χ0v) is 16.9. The number of nitrogens with one attached hydrogen (secondary N) is 2. The monoisotopic (exact) mass is 451 g/mol. The summed E-state index contributed by atoms with van der Waals surface area (Å²) in [7, 11) is 0. The maximum Gasteiger partial charge on any atom is 0.240 e. The van der Waals surface area contributed by atoms with Crippen molar-refractivity contribution >= 4 is 67.6 Å². The minimum absolute atomic E-state index is 0.0697. The fraction of sp³-hybridized carbons (Fsp3) is 0.167. The van der Waals surface area contributed by atoms with Crippen LogP contribution < -0.4 is 10.6 Å². The van der Waals surface area contributed by atoms with Gasteiger partial charge < -0.3 is 10.6 Å². The molecule has 2 aromatic rings. The summed E-state index contributed by atoms with van der Waals surface area (Å²) in [6.07, 6.45) is 0.0697. The van der Waals surface area contributed by atoms with E-state index in [2.05, 4.69) is 31.6 Å². The van der Waals surface area contributed by atoms with Crippen molar-refractivity contribution in [3.8, 4) is 0 Å². The molecule has 0 spiro atoms. The largest absolute Gasteiger partial charge is 0.326 e. The van der Waals surface area contributed by atoms with E-state index < -0.39 is 5.25 Å². The second-order valence-electron chi connectivity index (χ2n) is 5.71. The van der Waals surface area contributed by atoms with E-state index in [1.54, 1.807) is 18.2 Å². The predicted molar refractivity (Wildman–Crippen MR) is 110 cm³/mol. The number of amides is 2. The molecule has 0 radical (unpaired) electrons. The normalized spacial score (nSPS) is 18.0. The van der Waals surface area contributed by atoms with Crippen molar-refractivity contribution in [2.45, 2.75) is 18.6 Å². The van der Waals surface area contributed by atoms with Gasteiger partial charge in [-0.1, -0.05) is 45.4 Å². The fourth-order valence-corrected chi connectivity index (χ4v) is 3.70. The van der Waals surface area contributed by atoms with Gasteiger partial charge >= 0.3 is 0 Å². The summed E-state index contributed by atoms with van der Waals surface area (Å²) >= 11 is 10.7. The van der Waals surface area contributed by atoms with Crippen molar-refractivity contribution in [2.75, 3.05) is 5.32 Å². The van der Waals surface area contributed by atoms with Gasteiger partial charge in [0, 0.05) is 21.6 Å². The van der Waals surface area contributed by atoms with Crippen LogP contribution in [0, 0.1) is 6.92 Å². The third kappa shape index (κ3) is 4.87. The molecule has 2 aromatic carbocycles. The van der Waals surface area contributed by atoms with Gasteiger partial charge in [0.05, 0.1) is 5.69 Å². The molecule has 0 unspecified atom stereocenters. The van der Waals surface area contributed by atoms with E-state index in [0.717, 1.165) is 10.0 Å². The number of aryl methyl sites for hydroxylation is 1. The van der Waals surface area contributed by atoms with Crippen LogP contribution in [0.2, 0.25) is 5.02 Å². The first-order chi connectivity index (χ1) is 12.4. The minimum atomic E-state index is -0.509. The lowest BCUT2D eigenvalue weighted by Crippen LogP contribution is -2.28. The van der Waals surface area contributed by atoms with Crippen LogP contribution >= 0.6 is 39.3 Å². The average Bonchev–Trinajstić information content (AvgIpc) is 2.92. The SMILES string of the molecule is Cc1ccc(N=C2NC(=O)[C@@H](CC(=O)Nc3ccc(Br)cc3)S2)cc1Cl. The Hall–Kier alpha value is -1.83. The molecule has 0 aliphatic carbocycles. The van der Waals surface area contributed by atoms with Crippen LogP contribution in [0.25, 0.3) is 0 Å². The first kappa shape index (κ1) is 18.9. The quantitative estimate of drug-likeness (QED) is 0.709. The Morgan fingerprint density at radius 1 is 1.31 bits per heavy atom. The molecule has 1 heterocycles. The summed E-state index contributed by atoms with van der Waals surface area (Å²) in [5.41, 5.74) is 2.30. The van der Waals surface area contributed by atoms with E-state index in [4.69, 9.17) is 11.6 Å². The number of benzene rings is 2. The van der Waals surface area contributed by atoms with Gasteiger partial charge in [-0.15, -0.1) is 0 Å². The zero-order chi connectivity index (χ0) is 18.7. The number of amidine groups is 1. The lowest BCUT2D eigenvalue weighted by atomic mass is 10.2. The maximum absolute atomic E-state index is 12.2. The van der Waals surface area contributed by atoms with Crippen molar-refractivity contribution in [1.82, 2.24) is 5.32 Å². The summed E-state index contributed by atoms with van der Waals surface area (Å²) in [5, 5.41) is 6.07. The van der Waals surface area contributed by atoms with Crippen molar-refractivity contribution in [1.29, 1.82) is 0 Å². The first-order valence-corrected chi connectivity index (χ1v) is 9.83. The van der Waals surface area contributed by atoms with Gasteiger partial charge in [-0.3, -0.25) is 9.59 Å². The Morgan fingerprint density at radius 2 is 2.04 bits per heavy atom. The highest BCUT2D eigenvalue weighted by molar-refractivity contribution is 9.10. The van der Waals surface area contributed by atoms with Crippen LogP contribution in [0.15, 0.2) is 51.9 Å². The molecule has 8 heteroatoms. The minimum Gasteiger partial charge on any atom is -0.326 e. The highest BCUT2D eigenvalue weighted by Crippen LogP contribution is 2.27. The molecule has 1 saturated heterocycles. The lowest BCUT2D eigenvalue weighted by Gasteiger charge is -2.07. The van der Waals surface area contributed by atoms with E-state index >= 15 is 0 Å². The summed E-state index contributed by atoms with van der Waals surface area (Å²) in [6.45, 7) is 1.91. The number of aliphatic imine (C=N–C) groups is 1. The number of hydrogen-bond donors (Lipinski definition) is 2. The molecule has 0 saturated carbocycles. The fourth-order valence-electron chi connectivity index (χ4n) is 2.27. The lowest BCUT2D eigenvalue weighted by molar-refractivity contribution is -0.122. The van der Waals surface area contributed by atoms with E-state index in [1.165, 1.54) is 11.8 Å². The van der Waals surface area contributed by atoms with Crippen LogP contribution in [0.5, 0.6) is 0 Å². The number of nitrogens with zero attached hydrogens (tertiary/aromatic N) is 1. The third-order valence-electron chi connectivity index (χ3n) is 3.66. The smallest absolute Gasteiger partial charge is 0.240 e. The molecule has 26 heavy (non-hydrogen) atoms. The molecule has 3 rings (SSSR count). The van der Waals surface area contributed by atoms with Gasteiger partial charge in [-0.2, -0.15) is 0 Å². The number of carbonyl (C=O) groups is 2. The highest BCUT2D eigenvalue weighted by atomic mass is 79.9. The highest BCUT2D eigenvalue weighted by Gasteiger charge is 2.32. The van der Waals surface area contributed by atoms with Crippen LogP contribution in [0.4, 0.5) is 11.4 Å². The number of hydrogen-bond acceptors (Lipinski definition) is 4. The van der Waals surface area contributed by atoms with Gasteiger partial charge in [0.2, 0.25) is 11.8 Å². The molecule has 1 aliphatic rings. The van der Waals surface area contributed by atoms with Gasteiger partial charge in [0.15, 0.2) is 5.17 Å². The number of anilines is 1.